The highest BCUT2D eigenvalue weighted by atomic mass is 32.1. The summed E-state index contributed by atoms with van der Waals surface area (Å²) in [6, 6.07) is 8.92. The van der Waals surface area contributed by atoms with Crippen molar-refractivity contribution in [2.75, 3.05) is 46.4 Å². The molecule has 148 valence electrons. The highest BCUT2D eigenvalue weighted by Gasteiger charge is 2.09. The van der Waals surface area contributed by atoms with Gasteiger partial charge in [-0.05, 0) is 47.2 Å². The van der Waals surface area contributed by atoms with Gasteiger partial charge in [0.25, 0.3) is 0 Å². The number of allylic oxidation sites excluding steroid dienone is 1. The summed E-state index contributed by atoms with van der Waals surface area (Å²) in [5, 5.41) is 10.5. The molecule has 0 spiro atoms. The van der Waals surface area contributed by atoms with E-state index in [4.69, 9.17) is 10.1 Å². The molecular formula is C22H33N3OS. The van der Waals surface area contributed by atoms with Crippen molar-refractivity contribution in [2.24, 2.45) is 0 Å². The summed E-state index contributed by atoms with van der Waals surface area (Å²) in [5.41, 5.74) is 1.41. The minimum absolute atomic E-state index is 0.580. The normalized spacial score (nSPS) is 15.6. The molecular weight excluding hydrogens is 354 g/mol. The Kier molecular flexibility index (Phi) is 9.53. The van der Waals surface area contributed by atoms with Crippen molar-refractivity contribution in [3.05, 3.63) is 47.9 Å². The van der Waals surface area contributed by atoms with Crippen molar-refractivity contribution in [1.82, 2.24) is 9.80 Å². The molecule has 0 bridgehead atoms. The van der Waals surface area contributed by atoms with Crippen LogP contribution < -0.4 is 0 Å². The van der Waals surface area contributed by atoms with Gasteiger partial charge in [0.15, 0.2) is 0 Å². The Bertz CT molecular complexity index is 694. The Hall–Kier alpha value is -1.69. The Morgan fingerprint density at radius 2 is 2.11 bits per heavy atom. The Labute approximate surface area is 167 Å². The van der Waals surface area contributed by atoms with E-state index in [2.05, 4.69) is 48.0 Å². The van der Waals surface area contributed by atoms with Crippen LogP contribution >= 0.6 is 11.3 Å². The molecule has 1 N–H and O–H groups in total. The molecule has 1 aromatic carbocycles. The SMILES string of the molecule is C=CCC(C)c1ccc2sccc2c1.CN(C=N)CCCN1CCOCC1. The third-order valence-electron chi connectivity index (χ3n) is 4.87. The van der Waals surface area contributed by atoms with Crippen molar-refractivity contribution in [3.63, 3.8) is 0 Å². The lowest BCUT2D eigenvalue weighted by Gasteiger charge is -2.27. The first-order valence-corrected chi connectivity index (χ1v) is 10.6. The van der Waals surface area contributed by atoms with Crippen LogP contribution in [-0.2, 0) is 4.74 Å². The number of hydrogen-bond donors (Lipinski definition) is 1. The summed E-state index contributed by atoms with van der Waals surface area (Å²) < 4.78 is 6.63. The van der Waals surface area contributed by atoms with Crippen LogP contribution in [0.5, 0.6) is 0 Å². The Morgan fingerprint density at radius 1 is 1.33 bits per heavy atom. The van der Waals surface area contributed by atoms with Gasteiger partial charge in [-0.15, -0.1) is 17.9 Å². The van der Waals surface area contributed by atoms with E-state index in [1.54, 1.807) is 11.3 Å². The van der Waals surface area contributed by atoms with Crippen LogP contribution in [0.2, 0.25) is 0 Å². The molecule has 0 aliphatic carbocycles. The van der Waals surface area contributed by atoms with Gasteiger partial charge in [-0.2, -0.15) is 0 Å². The van der Waals surface area contributed by atoms with E-state index in [1.165, 1.54) is 22.0 Å². The predicted octanol–water partition coefficient (Wildman–Crippen LogP) is 4.83. The van der Waals surface area contributed by atoms with Crippen molar-refractivity contribution >= 4 is 27.8 Å². The molecule has 1 aromatic heterocycles. The van der Waals surface area contributed by atoms with Gasteiger partial charge in [0.2, 0.25) is 0 Å². The van der Waals surface area contributed by atoms with Gasteiger partial charge in [0.1, 0.15) is 0 Å². The fourth-order valence-corrected chi connectivity index (χ4v) is 3.88. The van der Waals surface area contributed by atoms with Gasteiger partial charge >= 0.3 is 0 Å². The summed E-state index contributed by atoms with van der Waals surface area (Å²) in [4.78, 5) is 4.32. The average molecular weight is 388 g/mol. The topological polar surface area (TPSA) is 39.6 Å². The molecule has 1 saturated heterocycles. The number of benzene rings is 1. The monoisotopic (exact) mass is 387 g/mol. The predicted molar refractivity (Wildman–Crippen MR) is 118 cm³/mol. The first-order chi connectivity index (χ1) is 13.1. The number of morpholine rings is 1. The van der Waals surface area contributed by atoms with Gasteiger partial charge in [0.05, 0.1) is 19.6 Å². The highest BCUT2D eigenvalue weighted by molar-refractivity contribution is 7.17. The molecule has 1 fully saturated rings. The van der Waals surface area contributed by atoms with Gasteiger partial charge < -0.3 is 9.64 Å². The molecule has 1 unspecified atom stereocenters. The lowest BCUT2D eigenvalue weighted by Crippen LogP contribution is -2.37. The summed E-state index contributed by atoms with van der Waals surface area (Å²) >= 11 is 1.80. The largest absolute Gasteiger partial charge is 0.379 e. The second-order valence-electron chi connectivity index (χ2n) is 7.06. The van der Waals surface area contributed by atoms with Gasteiger partial charge in [-0.25, -0.2) is 0 Å². The minimum Gasteiger partial charge on any atom is -0.379 e. The van der Waals surface area contributed by atoms with Crippen LogP contribution in [0.25, 0.3) is 10.1 Å². The number of rotatable bonds is 8. The molecule has 3 rings (SSSR count). The van der Waals surface area contributed by atoms with Crippen molar-refractivity contribution in [1.29, 1.82) is 5.41 Å². The van der Waals surface area contributed by atoms with Crippen LogP contribution in [-0.4, -0.2) is 62.6 Å². The number of fused-ring (bicyclic) bond motifs is 1. The van der Waals surface area contributed by atoms with E-state index in [-0.39, 0.29) is 0 Å². The van der Waals surface area contributed by atoms with E-state index in [0.29, 0.717) is 5.92 Å². The van der Waals surface area contributed by atoms with Crippen LogP contribution in [0.3, 0.4) is 0 Å². The number of nitrogens with one attached hydrogen (secondary N) is 1. The van der Waals surface area contributed by atoms with E-state index in [1.807, 2.05) is 18.0 Å². The van der Waals surface area contributed by atoms with E-state index in [9.17, 15) is 0 Å². The second kappa shape index (κ2) is 11.9. The zero-order chi connectivity index (χ0) is 19.5. The van der Waals surface area contributed by atoms with Gasteiger partial charge in [0, 0.05) is 37.9 Å². The zero-order valence-corrected chi connectivity index (χ0v) is 17.5. The molecule has 1 aliphatic rings. The van der Waals surface area contributed by atoms with Crippen LogP contribution in [0.1, 0.15) is 31.2 Å². The fourth-order valence-electron chi connectivity index (χ4n) is 3.11. The average Bonchev–Trinajstić information content (AvgIpc) is 3.17. The van der Waals surface area contributed by atoms with Crippen molar-refractivity contribution < 1.29 is 4.74 Å². The maximum atomic E-state index is 7.00. The van der Waals surface area contributed by atoms with E-state index >= 15 is 0 Å². The lowest BCUT2D eigenvalue weighted by molar-refractivity contribution is 0.0370. The summed E-state index contributed by atoms with van der Waals surface area (Å²) in [5.74, 6) is 0.580. The lowest BCUT2D eigenvalue weighted by atomic mass is 9.97. The number of nitrogens with zero attached hydrogens (tertiary/aromatic N) is 2. The molecule has 5 heteroatoms. The molecule has 27 heavy (non-hydrogen) atoms. The molecule has 0 saturated carbocycles. The molecule has 0 radical (unpaired) electrons. The third kappa shape index (κ3) is 7.45. The molecule has 2 heterocycles. The summed E-state index contributed by atoms with van der Waals surface area (Å²) in [6.07, 6.45) is 5.54. The quantitative estimate of drug-likeness (QED) is 0.401. The fraction of sp³-hybridized carbons (Fsp3) is 0.500. The molecule has 2 aromatic rings. The number of ether oxygens (including phenoxy) is 1. The maximum absolute atomic E-state index is 7.00. The van der Waals surface area contributed by atoms with Gasteiger partial charge in [-0.3, -0.25) is 10.3 Å². The van der Waals surface area contributed by atoms with Crippen molar-refractivity contribution in [2.45, 2.75) is 25.7 Å². The van der Waals surface area contributed by atoms with Crippen molar-refractivity contribution in [3.8, 4) is 0 Å². The Morgan fingerprint density at radius 3 is 2.81 bits per heavy atom. The van der Waals surface area contributed by atoms with E-state index < -0.39 is 0 Å². The summed E-state index contributed by atoms with van der Waals surface area (Å²) in [6.45, 7) is 12.0. The number of hydrogen-bond acceptors (Lipinski definition) is 4. The first-order valence-electron chi connectivity index (χ1n) is 9.73. The summed E-state index contributed by atoms with van der Waals surface area (Å²) in [7, 11) is 1.94. The third-order valence-corrected chi connectivity index (χ3v) is 5.77. The standard InChI is InChI=1S/C13H14S.C9H19N3O/c1-3-4-10(2)11-5-6-13-12(9-11)7-8-14-13;1-11(9-10)3-2-4-12-5-7-13-8-6-12/h3,5-10H,1,4H2,2H3;9-10H,2-8H2,1H3. The minimum atomic E-state index is 0.580. The maximum Gasteiger partial charge on any atom is 0.0814 e. The Balaban J connectivity index is 0.000000194. The molecule has 4 nitrogen and oxygen atoms in total. The second-order valence-corrected chi connectivity index (χ2v) is 8.01. The zero-order valence-electron chi connectivity index (χ0n) is 16.7. The highest BCUT2D eigenvalue weighted by Crippen LogP contribution is 2.26. The molecule has 0 amide bonds. The molecule has 1 aliphatic heterocycles. The van der Waals surface area contributed by atoms with Gasteiger partial charge in [-0.1, -0.05) is 25.1 Å². The van der Waals surface area contributed by atoms with Crippen LogP contribution in [0.15, 0.2) is 42.3 Å². The van der Waals surface area contributed by atoms with Crippen LogP contribution in [0.4, 0.5) is 0 Å². The molecule has 1 atom stereocenters. The first kappa shape index (κ1) is 21.6. The number of thiophene rings is 1. The van der Waals surface area contributed by atoms with Crippen LogP contribution in [0, 0.1) is 5.41 Å². The smallest absolute Gasteiger partial charge is 0.0814 e. The van der Waals surface area contributed by atoms with E-state index in [0.717, 1.165) is 52.2 Å².